The summed E-state index contributed by atoms with van der Waals surface area (Å²) in [6, 6.07) is 0. The number of rotatable bonds is 3. The highest BCUT2D eigenvalue weighted by Gasteiger charge is 1.89. The van der Waals surface area contributed by atoms with Gasteiger partial charge < -0.3 is 10.2 Å². The maximum absolute atomic E-state index is 8.79. The van der Waals surface area contributed by atoms with Gasteiger partial charge in [0.2, 0.25) is 0 Å². The van der Waals surface area contributed by atoms with Crippen LogP contribution in [0.5, 0.6) is 0 Å². The standard InChI is InChI=1S/C6H12O2/c1-2-6(8)4-3-5-7/h3-4,6-8H,2,5H2,1H3/b4-3-/t6-/m1/s1. The summed E-state index contributed by atoms with van der Waals surface area (Å²) in [5, 5.41) is 17.0. The minimum absolute atomic E-state index is 0.0110. The molecule has 0 spiro atoms. The zero-order chi connectivity index (χ0) is 6.41. The Hall–Kier alpha value is -0.340. The number of hydrogen-bond donors (Lipinski definition) is 2. The third-order valence-electron chi connectivity index (χ3n) is 0.882. The first kappa shape index (κ1) is 7.66. The minimum atomic E-state index is -0.387. The van der Waals surface area contributed by atoms with Crippen LogP contribution >= 0.6 is 0 Å². The number of aliphatic hydroxyl groups excluding tert-OH is 2. The van der Waals surface area contributed by atoms with Gasteiger partial charge >= 0.3 is 0 Å². The van der Waals surface area contributed by atoms with E-state index in [9.17, 15) is 0 Å². The van der Waals surface area contributed by atoms with E-state index in [1.165, 1.54) is 6.08 Å². The van der Waals surface area contributed by atoms with Gasteiger partial charge in [0.1, 0.15) is 0 Å². The molecule has 0 unspecified atom stereocenters. The summed E-state index contributed by atoms with van der Waals surface area (Å²) < 4.78 is 0. The molecular formula is C6H12O2. The van der Waals surface area contributed by atoms with Crippen LogP contribution < -0.4 is 0 Å². The van der Waals surface area contributed by atoms with Gasteiger partial charge in [-0.05, 0) is 6.42 Å². The molecule has 8 heavy (non-hydrogen) atoms. The van der Waals surface area contributed by atoms with Crippen molar-refractivity contribution in [2.45, 2.75) is 19.4 Å². The fourth-order valence-corrected chi connectivity index (χ4v) is 0.354. The molecule has 0 aromatic carbocycles. The molecule has 0 saturated carbocycles. The first-order valence-corrected chi connectivity index (χ1v) is 2.76. The zero-order valence-electron chi connectivity index (χ0n) is 5.04. The molecule has 0 fully saturated rings. The minimum Gasteiger partial charge on any atom is -0.392 e. The van der Waals surface area contributed by atoms with Crippen LogP contribution in [-0.2, 0) is 0 Å². The first-order valence-electron chi connectivity index (χ1n) is 2.76. The summed E-state index contributed by atoms with van der Waals surface area (Å²) in [7, 11) is 0. The van der Waals surface area contributed by atoms with Crippen LogP contribution in [0.2, 0.25) is 0 Å². The van der Waals surface area contributed by atoms with Gasteiger partial charge in [0, 0.05) is 0 Å². The van der Waals surface area contributed by atoms with Crippen molar-refractivity contribution in [1.29, 1.82) is 0 Å². The van der Waals surface area contributed by atoms with Gasteiger partial charge in [0.15, 0.2) is 0 Å². The summed E-state index contributed by atoms with van der Waals surface area (Å²) in [6.45, 7) is 1.89. The van der Waals surface area contributed by atoms with E-state index < -0.39 is 0 Å². The van der Waals surface area contributed by atoms with E-state index in [4.69, 9.17) is 10.2 Å². The average molecular weight is 116 g/mol. The van der Waals surface area contributed by atoms with E-state index in [1.807, 2.05) is 6.92 Å². The number of aliphatic hydroxyl groups is 2. The van der Waals surface area contributed by atoms with Crippen molar-refractivity contribution >= 4 is 0 Å². The van der Waals surface area contributed by atoms with Crippen LogP contribution in [-0.4, -0.2) is 22.9 Å². The molecule has 0 aliphatic rings. The summed E-state index contributed by atoms with van der Waals surface area (Å²) in [6.07, 6.45) is 3.44. The van der Waals surface area contributed by atoms with Crippen LogP contribution in [0.4, 0.5) is 0 Å². The monoisotopic (exact) mass is 116 g/mol. The van der Waals surface area contributed by atoms with Crippen molar-refractivity contribution in [2.24, 2.45) is 0 Å². The van der Waals surface area contributed by atoms with Crippen LogP contribution in [0.1, 0.15) is 13.3 Å². The second kappa shape index (κ2) is 4.81. The maximum atomic E-state index is 8.79. The molecule has 0 radical (unpaired) electrons. The zero-order valence-corrected chi connectivity index (χ0v) is 5.04. The van der Waals surface area contributed by atoms with Crippen molar-refractivity contribution in [3.63, 3.8) is 0 Å². The Balaban J connectivity index is 3.21. The SMILES string of the molecule is CC[C@@H](O)/C=C\CO. The van der Waals surface area contributed by atoms with Gasteiger partial charge in [-0.1, -0.05) is 19.1 Å². The Morgan fingerprint density at radius 3 is 2.62 bits per heavy atom. The van der Waals surface area contributed by atoms with Gasteiger partial charge in [-0.2, -0.15) is 0 Å². The quantitative estimate of drug-likeness (QED) is 0.521. The molecule has 0 saturated heterocycles. The molecule has 2 heteroatoms. The van der Waals surface area contributed by atoms with Gasteiger partial charge in [-0.25, -0.2) is 0 Å². The molecular weight excluding hydrogens is 104 g/mol. The van der Waals surface area contributed by atoms with Crippen molar-refractivity contribution in [1.82, 2.24) is 0 Å². The number of hydrogen-bond acceptors (Lipinski definition) is 2. The molecule has 1 atom stereocenters. The van der Waals surface area contributed by atoms with Crippen molar-refractivity contribution < 1.29 is 10.2 Å². The predicted octanol–water partition coefficient (Wildman–Crippen LogP) is 0.306. The van der Waals surface area contributed by atoms with Gasteiger partial charge in [-0.15, -0.1) is 0 Å². The van der Waals surface area contributed by atoms with E-state index in [0.29, 0.717) is 6.42 Å². The molecule has 0 aliphatic carbocycles. The summed E-state index contributed by atoms with van der Waals surface area (Å²) in [5.41, 5.74) is 0. The predicted molar refractivity (Wildman–Crippen MR) is 32.5 cm³/mol. The van der Waals surface area contributed by atoms with Gasteiger partial charge in [0.05, 0.1) is 12.7 Å². The third-order valence-corrected chi connectivity index (χ3v) is 0.882. The van der Waals surface area contributed by atoms with Crippen LogP contribution in [0.25, 0.3) is 0 Å². The lowest BCUT2D eigenvalue weighted by Gasteiger charge is -1.96. The van der Waals surface area contributed by atoms with E-state index in [1.54, 1.807) is 6.08 Å². The highest BCUT2D eigenvalue weighted by Crippen LogP contribution is 1.89. The Morgan fingerprint density at radius 1 is 1.62 bits per heavy atom. The lowest BCUT2D eigenvalue weighted by atomic mass is 10.2. The van der Waals surface area contributed by atoms with Crippen LogP contribution in [0.15, 0.2) is 12.2 Å². The Labute approximate surface area is 49.5 Å². The van der Waals surface area contributed by atoms with Crippen molar-refractivity contribution in [2.75, 3.05) is 6.61 Å². The van der Waals surface area contributed by atoms with E-state index in [2.05, 4.69) is 0 Å². The molecule has 0 heterocycles. The van der Waals surface area contributed by atoms with E-state index in [-0.39, 0.29) is 12.7 Å². The van der Waals surface area contributed by atoms with Crippen molar-refractivity contribution in [3.05, 3.63) is 12.2 Å². The fraction of sp³-hybridized carbons (Fsp3) is 0.667. The maximum Gasteiger partial charge on any atom is 0.0719 e. The summed E-state index contributed by atoms with van der Waals surface area (Å²) in [5.74, 6) is 0. The molecule has 0 rings (SSSR count). The molecule has 0 bridgehead atoms. The first-order chi connectivity index (χ1) is 3.81. The molecule has 2 N–H and O–H groups in total. The second-order valence-electron chi connectivity index (χ2n) is 1.59. The summed E-state index contributed by atoms with van der Waals surface area (Å²) >= 11 is 0. The molecule has 48 valence electrons. The average Bonchev–Trinajstić information content (AvgIpc) is 1.83. The van der Waals surface area contributed by atoms with Gasteiger partial charge in [-0.3, -0.25) is 0 Å². The van der Waals surface area contributed by atoms with Crippen molar-refractivity contribution in [3.8, 4) is 0 Å². The molecule has 0 aromatic heterocycles. The molecule has 0 amide bonds. The normalized spacial score (nSPS) is 14.9. The van der Waals surface area contributed by atoms with Crippen LogP contribution in [0, 0.1) is 0 Å². The largest absolute Gasteiger partial charge is 0.392 e. The highest BCUT2D eigenvalue weighted by molar-refractivity contribution is 4.86. The lowest BCUT2D eigenvalue weighted by molar-refractivity contribution is 0.217. The molecule has 0 aliphatic heterocycles. The lowest BCUT2D eigenvalue weighted by Crippen LogP contribution is -1.98. The topological polar surface area (TPSA) is 40.5 Å². The summed E-state index contributed by atoms with van der Waals surface area (Å²) in [4.78, 5) is 0. The van der Waals surface area contributed by atoms with Gasteiger partial charge in [0.25, 0.3) is 0 Å². The Morgan fingerprint density at radius 2 is 2.25 bits per heavy atom. The highest BCUT2D eigenvalue weighted by atomic mass is 16.3. The smallest absolute Gasteiger partial charge is 0.0719 e. The molecule has 2 nitrogen and oxygen atoms in total. The molecule has 0 aromatic rings. The van der Waals surface area contributed by atoms with E-state index in [0.717, 1.165) is 0 Å². The van der Waals surface area contributed by atoms with E-state index >= 15 is 0 Å². The Kier molecular flexibility index (Phi) is 4.61. The fourth-order valence-electron chi connectivity index (χ4n) is 0.354. The second-order valence-corrected chi connectivity index (χ2v) is 1.59. The van der Waals surface area contributed by atoms with Crippen LogP contribution in [0.3, 0.4) is 0 Å². The third kappa shape index (κ3) is 3.84. The Bertz CT molecular complexity index is 68.9.